The summed E-state index contributed by atoms with van der Waals surface area (Å²) >= 11 is 0. The maximum Gasteiger partial charge on any atom is 0.475 e. The van der Waals surface area contributed by atoms with Crippen LogP contribution in [0.15, 0.2) is 36.4 Å². The Morgan fingerprint density at radius 1 is 0.377 bits per heavy atom. The predicted octanol–water partition coefficient (Wildman–Crippen LogP) is 12.6. The normalized spacial score (nSPS) is 13.8. The number of phosphoric acid groups is 1. The van der Waals surface area contributed by atoms with Crippen molar-refractivity contribution in [1.29, 1.82) is 0 Å². The maximum atomic E-state index is 14.8. The summed E-state index contributed by atoms with van der Waals surface area (Å²) in [5.74, 6) is 0.744. The van der Waals surface area contributed by atoms with E-state index in [-0.39, 0.29) is 69.6 Å². The zero-order chi connectivity index (χ0) is 40.9. The van der Waals surface area contributed by atoms with Crippen molar-refractivity contribution in [2.45, 2.75) is 177 Å². The van der Waals surface area contributed by atoms with E-state index < -0.39 is 7.82 Å². The van der Waals surface area contributed by atoms with Gasteiger partial charge in [0, 0.05) is 0 Å². The van der Waals surface area contributed by atoms with E-state index in [9.17, 15) is 19.9 Å². The monoisotopic (exact) mass is 752 g/mol. The average Bonchev–Trinajstić information content (AvgIpc) is 2.96. The second-order valence-electron chi connectivity index (χ2n) is 20.9. The molecule has 53 heavy (non-hydrogen) atoms. The van der Waals surface area contributed by atoms with Crippen molar-refractivity contribution in [3.8, 4) is 17.2 Å². The van der Waals surface area contributed by atoms with Crippen molar-refractivity contribution < 1.29 is 33.5 Å². The van der Waals surface area contributed by atoms with E-state index in [1.54, 1.807) is 0 Å². The molecule has 0 aromatic heterocycles. The molecule has 0 saturated heterocycles. The van der Waals surface area contributed by atoms with E-state index in [0.29, 0.717) is 0 Å². The first kappa shape index (κ1) is 44.6. The summed E-state index contributed by atoms with van der Waals surface area (Å²) in [5, 5.41) is 33.9. The molecule has 0 radical (unpaired) electrons. The number of phenolic OH excluding ortho intramolecular Hbond substituents is 3. The highest BCUT2D eigenvalue weighted by Crippen LogP contribution is 2.53. The molecule has 7 nitrogen and oxygen atoms in total. The molecule has 0 spiro atoms. The number of hydrogen-bond donors (Lipinski definition) is 3. The van der Waals surface area contributed by atoms with Gasteiger partial charge in [-0.1, -0.05) is 125 Å². The fraction of sp³-hybridized carbons (Fsp3) is 0.600. The Morgan fingerprint density at radius 2 is 0.528 bits per heavy atom. The average molecular weight is 753 g/mol. The Kier molecular flexibility index (Phi) is 12.6. The first-order valence-corrected chi connectivity index (χ1v) is 20.3. The lowest BCUT2D eigenvalue weighted by Crippen LogP contribution is -2.18. The molecule has 0 fully saturated rings. The minimum absolute atomic E-state index is 0.0875. The summed E-state index contributed by atoms with van der Waals surface area (Å²) in [6.45, 7) is 36.5. The Balaban J connectivity index is 2.14. The third kappa shape index (κ3) is 11.1. The highest BCUT2D eigenvalue weighted by Gasteiger charge is 2.33. The molecule has 0 aliphatic heterocycles. The molecule has 3 N–H and O–H groups in total. The van der Waals surface area contributed by atoms with Crippen LogP contribution in [0.3, 0.4) is 0 Å². The smallest absolute Gasteiger partial charge is 0.475 e. The van der Waals surface area contributed by atoms with Gasteiger partial charge in [-0.25, -0.2) is 4.57 Å². The van der Waals surface area contributed by atoms with E-state index in [4.69, 9.17) is 13.6 Å². The fourth-order valence-corrected chi connectivity index (χ4v) is 7.48. The van der Waals surface area contributed by atoms with Crippen molar-refractivity contribution in [3.63, 3.8) is 0 Å². The van der Waals surface area contributed by atoms with Gasteiger partial charge in [-0.2, -0.15) is 0 Å². The first-order chi connectivity index (χ1) is 23.6. The number of hydrogen-bond acceptors (Lipinski definition) is 7. The second kappa shape index (κ2) is 15.0. The Morgan fingerprint density at radius 3 is 0.660 bits per heavy atom. The van der Waals surface area contributed by atoms with Gasteiger partial charge in [0.2, 0.25) is 0 Å². The number of phenols is 3. The number of phosphoric ester groups is 1. The van der Waals surface area contributed by atoms with Gasteiger partial charge >= 0.3 is 7.82 Å². The summed E-state index contributed by atoms with van der Waals surface area (Å²) < 4.78 is 33.4. The van der Waals surface area contributed by atoms with E-state index >= 15 is 0 Å². The molecule has 3 aromatic carbocycles. The summed E-state index contributed by atoms with van der Waals surface area (Å²) in [5.41, 5.74) is 4.62. The standard InChI is InChI=1S/C45H69O7P/c1-40(2,3)31-19-28(20-32(37(31)46)41(4,5)6)25-50-53(49,51-26-29-21-33(42(7,8)9)38(47)34(22-29)43(10,11)12)52-27-30-23-35(44(13,14)15)39(48)36(24-30)45(16,17)18/h19-24,46-48H,25-27H2,1-18H3. The minimum Gasteiger partial charge on any atom is -0.507 e. The van der Waals surface area contributed by atoms with Crippen LogP contribution in [-0.2, 0) is 70.4 Å². The van der Waals surface area contributed by atoms with Gasteiger partial charge in [0.1, 0.15) is 17.2 Å². The third-order valence-corrected chi connectivity index (χ3v) is 10.9. The zero-order valence-electron chi connectivity index (χ0n) is 36.0. The van der Waals surface area contributed by atoms with Crippen LogP contribution < -0.4 is 0 Å². The van der Waals surface area contributed by atoms with Gasteiger partial charge in [0.05, 0.1) is 19.8 Å². The molecule has 0 aliphatic carbocycles. The molecule has 0 bridgehead atoms. The molecule has 0 aliphatic rings. The van der Waals surface area contributed by atoms with E-state index in [0.717, 1.165) is 50.1 Å². The van der Waals surface area contributed by atoms with Gasteiger partial charge in [-0.15, -0.1) is 0 Å². The molecule has 3 rings (SSSR count). The topological polar surface area (TPSA) is 105 Å². The molecule has 0 atom stereocenters. The Hall–Kier alpha value is -2.83. The van der Waals surface area contributed by atoms with Crippen LogP contribution in [0.1, 0.15) is 175 Å². The van der Waals surface area contributed by atoms with Crippen LogP contribution in [0.5, 0.6) is 17.2 Å². The highest BCUT2D eigenvalue weighted by atomic mass is 31.2. The van der Waals surface area contributed by atoms with Crippen LogP contribution in [0, 0.1) is 0 Å². The van der Waals surface area contributed by atoms with Gasteiger partial charge in [0.25, 0.3) is 0 Å². The van der Waals surface area contributed by atoms with Crippen molar-refractivity contribution in [3.05, 3.63) is 86.5 Å². The summed E-state index contributed by atoms with van der Waals surface area (Å²) in [7, 11) is -4.27. The van der Waals surface area contributed by atoms with Crippen LogP contribution in [0.2, 0.25) is 0 Å². The largest absolute Gasteiger partial charge is 0.507 e. The van der Waals surface area contributed by atoms with E-state index in [2.05, 4.69) is 0 Å². The van der Waals surface area contributed by atoms with Crippen molar-refractivity contribution >= 4 is 7.82 Å². The second-order valence-corrected chi connectivity index (χ2v) is 22.6. The molecule has 0 unspecified atom stereocenters. The highest BCUT2D eigenvalue weighted by molar-refractivity contribution is 7.48. The quantitative estimate of drug-likeness (QED) is 0.187. The van der Waals surface area contributed by atoms with Gasteiger partial charge in [0.15, 0.2) is 0 Å². The fourth-order valence-electron chi connectivity index (χ4n) is 6.34. The zero-order valence-corrected chi connectivity index (χ0v) is 36.9. The molecule has 0 heterocycles. The molecular weight excluding hydrogens is 683 g/mol. The van der Waals surface area contributed by atoms with Gasteiger partial charge < -0.3 is 15.3 Å². The number of benzene rings is 3. The maximum absolute atomic E-state index is 14.8. The molecule has 3 aromatic rings. The van der Waals surface area contributed by atoms with Crippen LogP contribution >= 0.6 is 7.82 Å². The lowest BCUT2D eigenvalue weighted by Gasteiger charge is -2.29. The lowest BCUT2D eigenvalue weighted by atomic mass is 9.78. The minimum atomic E-state index is -4.27. The van der Waals surface area contributed by atoms with Crippen molar-refractivity contribution in [1.82, 2.24) is 0 Å². The SMILES string of the molecule is CC(C)(C)c1cc(COP(=O)(OCc2cc(C(C)(C)C)c(O)c(C(C)(C)C)c2)OCc2cc(C(C)(C)C)c(O)c(C(C)(C)C)c2)cc(C(C)(C)C)c1O. The number of rotatable bonds is 9. The van der Waals surface area contributed by atoms with Crippen molar-refractivity contribution in [2.75, 3.05) is 0 Å². The third-order valence-electron chi connectivity index (χ3n) is 9.53. The lowest BCUT2D eigenvalue weighted by molar-refractivity contribution is 0.0976. The summed E-state index contributed by atoms with van der Waals surface area (Å²) in [6, 6.07) is 11.4. The summed E-state index contributed by atoms with van der Waals surface area (Å²) in [6.07, 6.45) is 0. The van der Waals surface area contributed by atoms with Crippen LogP contribution in [0.4, 0.5) is 0 Å². The molecular formula is C45H69O7P. The van der Waals surface area contributed by atoms with Crippen LogP contribution in [-0.4, -0.2) is 15.3 Å². The van der Waals surface area contributed by atoms with Gasteiger partial charge in [-0.05, 0) is 119 Å². The Labute approximate surface area is 321 Å². The molecule has 296 valence electrons. The van der Waals surface area contributed by atoms with Crippen molar-refractivity contribution in [2.24, 2.45) is 0 Å². The summed E-state index contributed by atoms with van der Waals surface area (Å²) in [4.78, 5) is 0. The first-order valence-electron chi connectivity index (χ1n) is 18.8. The predicted molar refractivity (Wildman–Crippen MR) is 218 cm³/mol. The molecule has 0 amide bonds. The van der Waals surface area contributed by atoms with Crippen LogP contribution in [0.25, 0.3) is 0 Å². The molecule has 8 heteroatoms. The number of aromatic hydroxyl groups is 3. The Bertz CT molecular complexity index is 1510. The molecule has 0 saturated carbocycles. The van der Waals surface area contributed by atoms with Gasteiger partial charge in [-0.3, -0.25) is 13.6 Å². The van der Waals surface area contributed by atoms with E-state index in [1.807, 2.05) is 161 Å². The van der Waals surface area contributed by atoms with E-state index in [1.165, 1.54) is 0 Å².